The fraction of sp³-hybridized carbons (Fsp3) is 0.300. The number of amides is 2. The van der Waals surface area contributed by atoms with Crippen LogP contribution in [0.25, 0.3) is 0 Å². The second-order valence-corrected chi connectivity index (χ2v) is 7.10. The summed E-state index contributed by atoms with van der Waals surface area (Å²) < 4.78 is 0. The lowest BCUT2D eigenvalue weighted by molar-refractivity contribution is 0.182. The van der Waals surface area contributed by atoms with E-state index >= 15 is 0 Å². The molecule has 0 radical (unpaired) electrons. The Labute approximate surface area is 144 Å². The molecule has 2 N–H and O–H groups in total. The van der Waals surface area contributed by atoms with E-state index in [0.29, 0.717) is 18.8 Å². The van der Waals surface area contributed by atoms with E-state index in [9.17, 15) is 4.79 Å². The molecule has 0 bridgehead atoms. The number of hydrogen-bond acceptors (Lipinski definition) is 2. The summed E-state index contributed by atoms with van der Waals surface area (Å²) >= 11 is 0. The molecule has 126 valence electrons. The molecule has 0 aliphatic heterocycles. The molecular formula is C20H25N3O. The zero-order valence-electron chi connectivity index (χ0n) is 14.5. The molecule has 24 heavy (non-hydrogen) atoms. The van der Waals surface area contributed by atoms with Gasteiger partial charge in [0.15, 0.2) is 0 Å². The van der Waals surface area contributed by atoms with Gasteiger partial charge in [-0.1, -0.05) is 63.2 Å². The van der Waals surface area contributed by atoms with Crippen molar-refractivity contribution in [2.75, 3.05) is 11.9 Å². The highest BCUT2D eigenvalue weighted by Crippen LogP contribution is 2.19. The van der Waals surface area contributed by atoms with E-state index in [2.05, 4.69) is 26.1 Å². The minimum absolute atomic E-state index is 0.00290. The van der Waals surface area contributed by atoms with Gasteiger partial charge < -0.3 is 15.6 Å². The number of rotatable bonds is 5. The van der Waals surface area contributed by atoms with Crippen LogP contribution in [0.4, 0.5) is 10.5 Å². The van der Waals surface area contributed by atoms with E-state index in [1.165, 1.54) is 6.21 Å². The van der Waals surface area contributed by atoms with Crippen LogP contribution in [0.1, 0.15) is 31.9 Å². The van der Waals surface area contributed by atoms with Crippen molar-refractivity contribution in [3.8, 4) is 0 Å². The zero-order chi connectivity index (χ0) is 17.6. The van der Waals surface area contributed by atoms with Gasteiger partial charge in [0, 0.05) is 25.0 Å². The Kier molecular flexibility index (Phi) is 5.74. The number of anilines is 1. The van der Waals surface area contributed by atoms with Crippen molar-refractivity contribution in [3.05, 3.63) is 65.7 Å². The first-order valence-electron chi connectivity index (χ1n) is 8.08. The van der Waals surface area contributed by atoms with Gasteiger partial charge in [-0.2, -0.15) is 0 Å². The van der Waals surface area contributed by atoms with Crippen molar-refractivity contribution in [2.24, 2.45) is 5.41 Å². The summed E-state index contributed by atoms with van der Waals surface area (Å²) in [6, 6.07) is 17.2. The summed E-state index contributed by atoms with van der Waals surface area (Å²) in [5.41, 5.74) is 2.57. The monoisotopic (exact) mass is 323 g/mol. The van der Waals surface area contributed by atoms with Crippen LogP contribution in [0.15, 0.2) is 54.6 Å². The summed E-state index contributed by atoms with van der Waals surface area (Å²) in [5.74, 6) is 0. The molecule has 0 aliphatic carbocycles. The molecule has 0 aliphatic rings. The summed E-state index contributed by atoms with van der Waals surface area (Å²) in [6.07, 6.45) is 1.27. The standard InChI is InChI=1S/C20H25N3O/c1-20(2,3)15-23(14-16-8-5-4-6-9-16)19(24)22-18-11-7-10-17(12-18)13-21/h4-13,21H,14-15H2,1-3H3,(H,22,24). The fourth-order valence-electron chi connectivity index (χ4n) is 2.48. The van der Waals surface area contributed by atoms with Crippen LogP contribution >= 0.6 is 0 Å². The lowest BCUT2D eigenvalue weighted by Crippen LogP contribution is -2.40. The van der Waals surface area contributed by atoms with Crippen molar-refractivity contribution in [3.63, 3.8) is 0 Å². The largest absolute Gasteiger partial charge is 0.322 e. The number of carbonyl (C=O) groups excluding carboxylic acids is 1. The molecule has 2 aromatic carbocycles. The van der Waals surface area contributed by atoms with Gasteiger partial charge in [-0.05, 0) is 28.7 Å². The summed E-state index contributed by atoms with van der Waals surface area (Å²) in [5, 5.41) is 10.3. The maximum absolute atomic E-state index is 12.8. The molecule has 0 atom stereocenters. The van der Waals surface area contributed by atoms with Crippen molar-refractivity contribution < 1.29 is 4.79 Å². The Morgan fingerprint density at radius 2 is 1.83 bits per heavy atom. The van der Waals surface area contributed by atoms with Gasteiger partial charge >= 0.3 is 6.03 Å². The SMILES string of the molecule is CC(C)(C)CN(Cc1ccccc1)C(=O)Nc1cccc(C=N)c1. The van der Waals surface area contributed by atoms with Gasteiger partial charge in [-0.15, -0.1) is 0 Å². The van der Waals surface area contributed by atoms with Crippen molar-refractivity contribution >= 4 is 17.9 Å². The predicted octanol–water partition coefficient (Wildman–Crippen LogP) is 4.76. The molecule has 0 spiro atoms. The van der Waals surface area contributed by atoms with Crippen molar-refractivity contribution in [2.45, 2.75) is 27.3 Å². The van der Waals surface area contributed by atoms with Crippen LogP contribution in [-0.4, -0.2) is 23.7 Å². The molecular weight excluding hydrogens is 298 g/mol. The molecule has 0 heterocycles. The molecule has 4 heteroatoms. The maximum atomic E-state index is 12.8. The van der Waals surface area contributed by atoms with Crippen LogP contribution in [0, 0.1) is 10.8 Å². The second-order valence-electron chi connectivity index (χ2n) is 7.10. The Hall–Kier alpha value is -2.62. The summed E-state index contributed by atoms with van der Waals surface area (Å²) in [6.45, 7) is 7.57. The smallest absolute Gasteiger partial charge is 0.320 e. The Morgan fingerprint density at radius 1 is 1.12 bits per heavy atom. The topological polar surface area (TPSA) is 56.2 Å². The number of urea groups is 1. The lowest BCUT2D eigenvalue weighted by atomic mass is 9.96. The van der Waals surface area contributed by atoms with Gasteiger partial charge in [-0.25, -0.2) is 4.79 Å². The Morgan fingerprint density at radius 3 is 2.46 bits per heavy atom. The molecule has 0 saturated carbocycles. The number of nitrogens with one attached hydrogen (secondary N) is 2. The minimum Gasteiger partial charge on any atom is -0.320 e. The minimum atomic E-state index is -0.129. The van der Waals surface area contributed by atoms with Gasteiger partial charge in [0.1, 0.15) is 0 Å². The van der Waals surface area contributed by atoms with Gasteiger partial charge in [0.05, 0.1) is 0 Å². The maximum Gasteiger partial charge on any atom is 0.322 e. The average molecular weight is 323 g/mol. The average Bonchev–Trinajstić information content (AvgIpc) is 2.54. The third-order valence-electron chi connectivity index (χ3n) is 3.47. The Balaban J connectivity index is 2.15. The highest BCUT2D eigenvalue weighted by atomic mass is 16.2. The van der Waals surface area contributed by atoms with E-state index in [0.717, 1.165) is 11.1 Å². The van der Waals surface area contributed by atoms with E-state index in [1.807, 2.05) is 53.4 Å². The summed E-state index contributed by atoms with van der Waals surface area (Å²) in [7, 11) is 0. The molecule has 0 aromatic heterocycles. The molecule has 4 nitrogen and oxygen atoms in total. The highest BCUT2D eigenvalue weighted by molar-refractivity contribution is 5.90. The van der Waals surface area contributed by atoms with E-state index in [-0.39, 0.29) is 11.4 Å². The number of nitrogens with zero attached hydrogens (tertiary/aromatic N) is 1. The molecule has 2 aromatic rings. The van der Waals surface area contributed by atoms with Crippen LogP contribution < -0.4 is 5.32 Å². The number of carbonyl (C=O) groups is 1. The van der Waals surface area contributed by atoms with Crippen molar-refractivity contribution in [1.29, 1.82) is 5.41 Å². The van der Waals surface area contributed by atoms with Crippen LogP contribution in [0.3, 0.4) is 0 Å². The quantitative estimate of drug-likeness (QED) is 0.765. The van der Waals surface area contributed by atoms with Gasteiger partial charge in [0.2, 0.25) is 0 Å². The van der Waals surface area contributed by atoms with Crippen LogP contribution in [-0.2, 0) is 6.54 Å². The first-order chi connectivity index (χ1) is 11.4. The summed E-state index contributed by atoms with van der Waals surface area (Å²) in [4.78, 5) is 14.6. The van der Waals surface area contributed by atoms with Crippen LogP contribution in [0.2, 0.25) is 0 Å². The Bertz CT molecular complexity index is 690. The lowest BCUT2D eigenvalue weighted by Gasteiger charge is -2.30. The molecule has 0 saturated heterocycles. The molecule has 2 amide bonds. The first-order valence-corrected chi connectivity index (χ1v) is 8.08. The third-order valence-corrected chi connectivity index (χ3v) is 3.47. The van der Waals surface area contributed by atoms with Gasteiger partial charge in [0.25, 0.3) is 0 Å². The van der Waals surface area contributed by atoms with Gasteiger partial charge in [-0.3, -0.25) is 0 Å². The van der Waals surface area contributed by atoms with Crippen molar-refractivity contribution in [1.82, 2.24) is 4.90 Å². The zero-order valence-corrected chi connectivity index (χ0v) is 14.5. The fourth-order valence-corrected chi connectivity index (χ4v) is 2.48. The molecule has 2 rings (SSSR count). The molecule has 0 unspecified atom stereocenters. The third kappa shape index (κ3) is 5.54. The first kappa shape index (κ1) is 17.7. The second kappa shape index (κ2) is 7.77. The normalized spacial score (nSPS) is 11.0. The number of hydrogen-bond donors (Lipinski definition) is 2. The van der Waals surface area contributed by atoms with E-state index < -0.39 is 0 Å². The van der Waals surface area contributed by atoms with E-state index in [1.54, 1.807) is 6.07 Å². The highest BCUT2D eigenvalue weighted by Gasteiger charge is 2.21. The van der Waals surface area contributed by atoms with E-state index in [4.69, 9.17) is 5.41 Å². The number of benzene rings is 2. The van der Waals surface area contributed by atoms with Crippen LogP contribution in [0.5, 0.6) is 0 Å². The predicted molar refractivity (Wildman–Crippen MR) is 99.7 cm³/mol. The molecule has 0 fully saturated rings.